The first-order valence-electron chi connectivity index (χ1n) is 3.54. The van der Waals surface area contributed by atoms with Crippen LogP contribution < -0.4 is 0 Å². The van der Waals surface area contributed by atoms with Crippen molar-refractivity contribution in [3.63, 3.8) is 0 Å². The van der Waals surface area contributed by atoms with Crippen LogP contribution in [0.2, 0.25) is 0 Å². The average Bonchev–Trinajstić information content (AvgIpc) is 2.31. The summed E-state index contributed by atoms with van der Waals surface area (Å²) in [5, 5.41) is 4.36. The molecule has 0 unspecified atom stereocenters. The standard InChI is InChI=1S/C9H12S/c1-3-4-5-9-7-10-6-8(9)2/h4-7H,3H2,1-2H3. The molecule has 0 atom stereocenters. The van der Waals surface area contributed by atoms with Crippen LogP contribution in [0.5, 0.6) is 0 Å². The van der Waals surface area contributed by atoms with Crippen LogP contribution in [0.4, 0.5) is 0 Å². The molecule has 0 spiro atoms. The Morgan fingerprint density at radius 3 is 2.80 bits per heavy atom. The molecule has 1 rings (SSSR count). The van der Waals surface area contributed by atoms with E-state index in [1.54, 1.807) is 11.3 Å². The fourth-order valence-corrected chi connectivity index (χ4v) is 1.61. The maximum atomic E-state index is 2.19. The Balaban J connectivity index is 2.74. The Morgan fingerprint density at radius 1 is 1.50 bits per heavy atom. The van der Waals surface area contributed by atoms with Crippen molar-refractivity contribution >= 4 is 17.4 Å². The first kappa shape index (κ1) is 7.55. The van der Waals surface area contributed by atoms with Crippen molar-refractivity contribution < 1.29 is 0 Å². The quantitative estimate of drug-likeness (QED) is 0.608. The van der Waals surface area contributed by atoms with E-state index < -0.39 is 0 Å². The predicted molar refractivity (Wildman–Crippen MR) is 48.4 cm³/mol. The van der Waals surface area contributed by atoms with E-state index in [1.807, 2.05) is 0 Å². The van der Waals surface area contributed by atoms with Gasteiger partial charge in [0, 0.05) is 0 Å². The Bertz CT molecular complexity index is 220. The lowest BCUT2D eigenvalue weighted by molar-refractivity contribution is 1.23. The highest BCUT2D eigenvalue weighted by Crippen LogP contribution is 2.14. The fourth-order valence-electron chi connectivity index (χ4n) is 0.786. The summed E-state index contributed by atoms with van der Waals surface area (Å²) in [6, 6.07) is 0. The third-order valence-electron chi connectivity index (χ3n) is 1.43. The zero-order valence-electron chi connectivity index (χ0n) is 6.42. The molecule has 1 heteroatoms. The lowest BCUT2D eigenvalue weighted by Gasteiger charge is -1.86. The molecule has 0 amide bonds. The van der Waals surface area contributed by atoms with E-state index in [0.717, 1.165) is 6.42 Å². The summed E-state index contributed by atoms with van der Waals surface area (Å²) in [4.78, 5) is 0. The van der Waals surface area contributed by atoms with Gasteiger partial charge in [0.1, 0.15) is 0 Å². The minimum absolute atomic E-state index is 1.12. The molecule has 0 aliphatic carbocycles. The number of thiophene rings is 1. The van der Waals surface area contributed by atoms with Crippen LogP contribution >= 0.6 is 11.3 Å². The Morgan fingerprint density at radius 2 is 2.30 bits per heavy atom. The van der Waals surface area contributed by atoms with Crippen LogP contribution in [0.15, 0.2) is 16.8 Å². The summed E-state index contributed by atoms with van der Waals surface area (Å²) >= 11 is 1.77. The summed E-state index contributed by atoms with van der Waals surface area (Å²) in [5.41, 5.74) is 2.75. The van der Waals surface area contributed by atoms with Crippen molar-refractivity contribution in [2.45, 2.75) is 20.3 Å². The predicted octanol–water partition coefficient (Wildman–Crippen LogP) is 3.48. The highest BCUT2D eigenvalue weighted by molar-refractivity contribution is 7.08. The van der Waals surface area contributed by atoms with Gasteiger partial charge in [-0.2, -0.15) is 11.3 Å². The third kappa shape index (κ3) is 1.71. The fraction of sp³-hybridized carbons (Fsp3) is 0.333. The maximum absolute atomic E-state index is 2.19. The van der Waals surface area contributed by atoms with Gasteiger partial charge in [-0.25, -0.2) is 0 Å². The molecule has 0 N–H and O–H groups in total. The van der Waals surface area contributed by atoms with Gasteiger partial charge in [0.2, 0.25) is 0 Å². The zero-order valence-corrected chi connectivity index (χ0v) is 7.24. The second kappa shape index (κ2) is 3.57. The van der Waals surface area contributed by atoms with Crippen molar-refractivity contribution in [1.29, 1.82) is 0 Å². The molecule has 0 saturated carbocycles. The van der Waals surface area contributed by atoms with E-state index in [0.29, 0.717) is 0 Å². The molecule has 0 saturated heterocycles. The van der Waals surface area contributed by atoms with E-state index in [1.165, 1.54) is 11.1 Å². The SMILES string of the molecule is CCC=Cc1cscc1C. The van der Waals surface area contributed by atoms with Gasteiger partial charge in [0.05, 0.1) is 0 Å². The molecule has 1 aromatic heterocycles. The monoisotopic (exact) mass is 152 g/mol. The van der Waals surface area contributed by atoms with Gasteiger partial charge >= 0.3 is 0 Å². The van der Waals surface area contributed by atoms with Crippen molar-refractivity contribution in [3.05, 3.63) is 28.0 Å². The largest absolute Gasteiger partial charge is 0.152 e. The molecule has 54 valence electrons. The number of rotatable bonds is 2. The van der Waals surface area contributed by atoms with Gasteiger partial charge in [-0.15, -0.1) is 0 Å². The van der Waals surface area contributed by atoms with Crippen LogP contribution in [0.25, 0.3) is 6.08 Å². The third-order valence-corrected chi connectivity index (χ3v) is 2.31. The molecule has 0 fully saturated rings. The highest BCUT2D eigenvalue weighted by Gasteiger charge is 1.91. The first-order valence-corrected chi connectivity index (χ1v) is 4.48. The molecular formula is C9H12S. The van der Waals surface area contributed by atoms with Crippen LogP contribution in [0, 0.1) is 6.92 Å². The molecule has 1 heterocycles. The minimum Gasteiger partial charge on any atom is -0.152 e. The van der Waals surface area contributed by atoms with Crippen molar-refractivity contribution in [1.82, 2.24) is 0 Å². The zero-order chi connectivity index (χ0) is 7.40. The van der Waals surface area contributed by atoms with E-state index in [4.69, 9.17) is 0 Å². The number of hydrogen-bond donors (Lipinski definition) is 0. The molecule has 0 bridgehead atoms. The molecule has 0 nitrogen and oxygen atoms in total. The van der Waals surface area contributed by atoms with Gasteiger partial charge < -0.3 is 0 Å². The number of allylic oxidation sites excluding steroid dienone is 1. The maximum Gasteiger partial charge on any atom is -0.00181 e. The summed E-state index contributed by atoms with van der Waals surface area (Å²) in [6.07, 6.45) is 5.50. The summed E-state index contributed by atoms with van der Waals surface area (Å²) in [6.45, 7) is 4.30. The Hall–Kier alpha value is -0.560. The van der Waals surface area contributed by atoms with Crippen LogP contribution in [-0.2, 0) is 0 Å². The van der Waals surface area contributed by atoms with Crippen molar-refractivity contribution in [2.24, 2.45) is 0 Å². The molecule has 0 aliphatic rings. The topological polar surface area (TPSA) is 0 Å². The van der Waals surface area contributed by atoms with Gasteiger partial charge in [0.25, 0.3) is 0 Å². The van der Waals surface area contributed by atoms with Gasteiger partial charge in [-0.05, 0) is 35.2 Å². The first-order chi connectivity index (χ1) is 4.84. The van der Waals surface area contributed by atoms with Crippen LogP contribution in [0.1, 0.15) is 24.5 Å². The summed E-state index contributed by atoms with van der Waals surface area (Å²) in [5.74, 6) is 0. The Labute approximate surface area is 66.2 Å². The van der Waals surface area contributed by atoms with E-state index in [-0.39, 0.29) is 0 Å². The van der Waals surface area contributed by atoms with Crippen molar-refractivity contribution in [3.8, 4) is 0 Å². The highest BCUT2D eigenvalue weighted by atomic mass is 32.1. The summed E-state index contributed by atoms with van der Waals surface area (Å²) < 4.78 is 0. The van der Waals surface area contributed by atoms with Gasteiger partial charge in [0.15, 0.2) is 0 Å². The normalized spacial score (nSPS) is 11.0. The second-order valence-electron chi connectivity index (χ2n) is 2.32. The smallest absolute Gasteiger partial charge is 0.00181 e. The molecular weight excluding hydrogens is 140 g/mol. The van der Waals surface area contributed by atoms with Crippen molar-refractivity contribution in [2.75, 3.05) is 0 Å². The van der Waals surface area contributed by atoms with E-state index >= 15 is 0 Å². The van der Waals surface area contributed by atoms with Crippen LogP contribution in [0.3, 0.4) is 0 Å². The average molecular weight is 152 g/mol. The molecule has 1 aromatic rings. The van der Waals surface area contributed by atoms with Gasteiger partial charge in [-0.3, -0.25) is 0 Å². The van der Waals surface area contributed by atoms with Crippen LogP contribution in [-0.4, -0.2) is 0 Å². The lowest BCUT2D eigenvalue weighted by atomic mass is 10.2. The molecule has 10 heavy (non-hydrogen) atoms. The summed E-state index contributed by atoms with van der Waals surface area (Å²) in [7, 11) is 0. The van der Waals surface area contributed by atoms with Gasteiger partial charge in [-0.1, -0.05) is 19.1 Å². The lowest BCUT2D eigenvalue weighted by Crippen LogP contribution is -1.67. The van der Waals surface area contributed by atoms with E-state index in [2.05, 4.69) is 36.8 Å². The number of hydrogen-bond acceptors (Lipinski definition) is 1. The molecule has 0 aliphatic heterocycles. The molecule has 0 aromatic carbocycles. The Kier molecular flexibility index (Phi) is 2.69. The molecule has 0 radical (unpaired) electrons. The number of aryl methyl sites for hydroxylation is 1. The minimum atomic E-state index is 1.12. The second-order valence-corrected chi connectivity index (χ2v) is 3.06. The van der Waals surface area contributed by atoms with E-state index in [9.17, 15) is 0 Å².